The number of carbonyl (C=O) groups is 1. The van der Waals surface area contributed by atoms with E-state index >= 15 is 0 Å². The minimum Gasteiger partial charge on any atom is -0.480 e. The molecule has 1 saturated heterocycles. The minimum atomic E-state index is -0.668. The second-order valence-corrected chi connectivity index (χ2v) is 4.99. The maximum atomic E-state index is 11.0. The Bertz CT molecular complexity index is 210. The van der Waals surface area contributed by atoms with Crippen molar-refractivity contribution in [3.8, 4) is 0 Å². The number of hydrogen-bond acceptors (Lipinski definition) is 3. The van der Waals surface area contributed by atoms with Gasteiger partial charge in [-0.2, -0.15) is 11.8 Å². The first-order valence-corrected chi connectivity index (χ1v) is 5.97. The number of carboxylic acids is 1. The molecule has 0 radical (unpaired) electrons. The molecule has 2 aliphatic rings. The highest BCUT2D eigenvalue weighted by Gasteiger charge is 2.46. The maximum absolute atomic E-state index is 11.0. The second kappa shape index (κ2) is 3.50. The lowest BCUT2D eigenvalue weighted by Crippen LogP contribution is -2.64. The fraction of sp³-hybridized carbons (Fsp3) is 0.889. The fourth-order valence-corrected chi connectivity index (χ4v) is 3.06. The first-order valence-electron chi connectivity index (χ1n) is 4.82. The first-order chi connectivity index (χ1) is 6.23. The quantitative estimate of drug-likeness (QED) is 0.717. The Morgan fingerprint density at radius 1 is 1.38 bits per heavy atom. The smallest absolute Gasteiger partial charge is 0.325 e. The highest BCUT2D eigenvalue weighted by Crippen LogP contribution is 2.32. The lowest BCUT2D eigenvalue weighted by molar-refractivity contribution is -0.143. The Hall–Kier alpha value is -0.220. The van der Waals surface area contributed by atoms with Crippen LogP contribution in [0.4, 0.5) is 0 Å². The zero-order valence-electron chi connectivity index (χ0n) is 7.58. The van der Waals surface area contributed by atoms with E-state index in [2.05, 4.69) is 5.32 Å². The van der Waals surface area contributed by atoms with Crippen molar-refractivity contribution >= 4 is 17.7 Å². The number of thioether (sulfide) groups is 1. The van der Waals surface area contributed by atoms with Crippen molar-refractivity contribution in [2.24, 2.45) is 0 Å². The standard InChI is InChI=1S/C9H15NO2S/c11-8(12)9(5-13-6-9)10-7-3-1-2-4-7/h7,10H,1-6H2,(H,11,12). The van der Waals surface area contributed by atoms with Crippen molar-refractivity contribution in [2.45, 2.75) is 37.3 Å². The van der Waals surface area contributed by atoms with E-state index in [0.29, 0.717) is 6.04 Å². The summed E-state index contributed by atoms with van der Waals surface area (Å²) in [5.41, 5.74) is -0.584. The zero-order valence-corrected chi connectivity index (χ0v) is 8.40. The van der Waals surface area contributed by atoms with Gasteiger partial charge < -0.3 is 5.11 Å². The Balaban J connectivity index is 1.93. The van der Waals surface area contributed by atoms with Gasteiger partial charge in [-0.05, 0) is 12.8 Å². The van der Waals surface area contributed by atoms with Crippen LogP contribution in [0.1, 0.15) is 25.7 Å². The molecule has 2 fully saturated rings. The molecule has 3 nitrogen and oxygen atoms in total. The monoisotopic (exact) mass is 201 g/mol. The molecule has 0 amide bonds. The highest BCUT2D eigenvalue weighted by molar-refractivity contribution is 8.01. The molecule has 0 aromatic rings. The predicted molar refractivity (Wildman–Crippen MR) is 53.1 cm³/mol. The van der Waals surface area contributed by atoms with Crippen LogP contribution in [-0.2, 0) is 4.79 Å². The van der Waals surface area contributed by atoms with Crippen molar-refractivity contribution in [1.29, 1.82) is 0 Å². The largest absolute Gasteiger partial charge is 0.480 e. The average Bonchev–Trinajstić information content (AvgIpc) is 2.47. The molecule has 0 aromatic carbocycles. The Morgan fingerprint density at radius 3 is 2.38 bits per heavy atom. The molecule has 13 heavy (non-hydrogen) atoms. The summed E-state index contributed by atoms with van der Waals surface area (Å²) in [6, 6.07) is 0.456. The van der Waals surface area contributed by atoms with E-state index in [1.807, 2.05) is 0 Å². The third kappa shape index (κ3) is 1.70. The van der Waals surface area contributed by atoms with E-state index in [1.165, 1.54) is 12.8 Å². The van der Waals surface area contributed by atoms with Crippen LogP contribution in [0.5, 0.6) is 0 Å². The molecule has 1 aliphatic carbocycles. The summed E-state index contributed by atoms with van der Waals surface area (Å²) >= 11 is 1.71. The lowest BCUT2D eigenvalue weighted by Gasteiger charge is -2.40. The summed E-state index contributed by atoms with van der Waals surface area (Å²) in [5, 5.41) is 12.4. The second-order valence-electron chi connectivity index (χ2n) is 4.01. The van der Waals surface area contributed by atoms with Gasteiger partial charge in [0.25, 0.3) is 0 Å². The topological polar surface area (TPSA) is 49.3 Å². The van der Waals surface area contributed by atoms with E-state index < -0.39 is 11.5 Å². The first kappa shape index (κ1) is 9.34. The van der Waals surface area contributed by atoms with Crippen molar-refractivity contribution in [2.75, 3.05) is 11.5 Å². The van der Waals surface area contributed by atoms with E-state index in [4.69, 9.17) is 5.11 Å². The van der Waals surface area contributed by atoms with Crippen LogP contribution < -0.4 is 5.32 Å². The van der Waals surface area contributed by atoms with Gasteiger partial charge in [0.05, 0.1) is 0 Å². The SMILES string of the molecule is O=C(O)C1(NC2CCCC2)CSC1. The Kier molecular flexibility index (Phi) is 2.51. The van der Waals surface area contributed by atoms with Gasteiger partial charge in [-0.25, -0.2) is 0 Å². The number of nitrogens with one attached hydrogen (secondary N) is 1. The minimum absolute atomic E-state index is 0.456. The number of hydrogen-bond donors (Lipinski definition) is 2. The van der Waals surface area contributed by atoms with Crippen LogP contribution in [0.15, 0.2) is 0 Å². The molecule has 1 heterocycles. The van der Waals surface area contributed by atoms with Crippen LogP contribution in [0, 0.1) is 0 Å². The molecule has 0 atom stereocenters. The van der Waals surface area contributed by atoms with Gasteiger partial charge in [-0.1, -0.05) is 12.8 Å². The number of rotatable bonds is 3. The van der Waals surface area contributed by atoms with E-state index in [1.54, 1.807) is 11.8 Å². The van der Waals surface area contributed by atoms with E-state index in [0.717, 1.165) is 24.3 Å². The van der Waals surface area contributed by atoms with Gasteiger partial charge in [-0.15, -0.1) is 0 Å². The number of carboxylic acid groups (broad SMARTS) is 1. The molecule has 0 unspecified atom stereocenters. The summed E-state index contributed by atoms with van der Waals surface area (Å²) in [5.74, 6) is 0.802. The van der Waals surface area contributed by atoms with Crippen LogP contribution in [-0.4, -0.2) is 34.2 Å². The summed E-state index contributed by atoms with van der Waals surface area (Å²) in [7, 11) is 0. The normalized spacial score (nSPS) is 27.1. The van der Waals surface area contributed by atoms with Crippen LogP contribution in [0.2, 0.25) is 0 Å². The van der Waals surface area contributed by atoms with Gasteiger partial charge in [-0.3, -0.25) is 10.1 Å². The molecule has 0 aromatic heterocycles. The Labute approximate surface area is 82.3 Å². The average molecular weight is 201 g/mol. The van der Waals surface area contributed by atoms with Crippen molar-refractivity contribution in [1.82, 2.24) is 5.32 Å². The van der Waals surface area contributed by atoms with Crippen LogP contribution in [0.3, 0.4) is 0 Å². The molecule has 1 saturated carbocycles. The van der Waals surface area contributed by atoms with Crippen molar-refractivity contribution in [3.63, 3.8) is 0 Å². The summed E-state index contributed by atoms with van der Waals surface area (Å²) in [6.45, 7) is 0. The maximum Gasteiger partial charge on any atom is 0.325 e. The van der Waals surface area contributed by atoms with Gasteiger partial charge in [0, 0.05) is 17.5 Å². The molecular formula is C9H15NO2S. The molecule has 2 N–H and O–H groups in total. The number of aliphatic carboxylic acids is 1. The highest BCUT2D eigenvalue weighted by atomic mass is 32.2. The third-order valence-corrected chi connectivity index (χ3v) is 4.34. The van der Waals surface area contributed by atoms with Gasteiger partial charge in [0.15, 0.2) is 0 Å². The third-order valence-electron chi connectivity index (χ3n) is 2.94. The van der Waals surface area contributed by atoms with Crippen molar-refractivity contribution in [3.05, 3.63) is 0 Å². The lowest BCUT2D eigenvalue weighted by atomic mass is 10.0. The fourth-order valence-electron chi connectivity index (χ4n) is 2.04. The summed E-state index contributed by atoms with van der Waals surface area (Å²) in [6.07, 6.45) is 4.81. The molecule has 4 heteroatoms. The predicted octanol–water partition coefficient (Wildman–Crippen LogP) is 1.09. The van der Waals surface area contributed by atoms with Crippen LogP contribution >= 0.6 is 11.8 Å². The van der Waals surface area contributed by atoms with Crippen LogP contribution in [0.25, 0.3) is 0 Å². The molecule has 1 aliphatic heterocycles. The van der Waals surface area contributed by atoms with Gasteiger partial charge in [0.1, 0.15) is 5.54 Å². The van der Waals surface area contributed by atoms with E-state index in [9.17, 15) is 4.79 Å². The molecule has 74 valence electrons. The van der Waals surface area contributed by atoms with Gasteiger partial charge in [0.2, 0.25) is 0 Å². The molecule has 2 rings (SSSR count). The molecular weight excluding hydrogens is 186 g/mol. The zero-order chi connectivity index (χ0) is 9.31. The Morgan fingerprint density at radius 2 is 2.00 bits per heavy atom. The summed E-state index contributed by atoms with van der Waals surface area (Å²) < 4.78 is 0. The van der Waals surface area contributed by atoms with E-state index in [-0.39, 0.29) is 0 Å². The summed E-state index contributed by atoms with van der Waals surface area (Å²) in [4.78, 5) is 11.0. The van der Waals surface area contributed by atoms with Crippen molar-refractivity contribution < 1.29 is 9.90 Å². The molecule has 0 spiro atoms. The van der Waals surface area contributed by atoms with Gasteiger partial charge >= 0.3 is 5.97 Å². The molecule has 0 bridgehead atoms.